The minimum atomic E-state index is 0.0718. The van der Waals surface area contributed by atoms with Crippen LogP contribution in [0.2, 0.25) is 0 Å². The van der Waals surface area contributed by atoms with Gasteiger partial charge in [0.2, 0.25) is 0 Å². The van der Waals surface area contributed by atoms with E-state index in [-0.39, 0.29) is 11.7 Å². The Labute approximate surface area is 73.4 Å². The Morgan fingerprint density at radius 1 is 1.58 bits per heavy atom. The first-order valence-electron chi connectivity index (χ1n) is 4.36. The van der Waals surface area contributed by atoms with Gasteiger partial charge in [-0.1, -0.05) is 19.9 Å². The normalized spacial score (nSPS) is 23.2. The van der Waals surface area contributed by atoms with Crippen LogP contribution in [0.4, 0.5) is 0 Å². The molecule has 0 spiro atoms. The minimum absolute atomic E-state index is 0.0718. The lowest BCUT2D eigenvalue weighted by Gasteiger charge is -2.15. The smallest absolute Gasteiger partial charge is 0.183 e. The highest BCUT2D eigenvalue weighted by atomic mass is 16.1. The number of ketones is 1. The van der Waals surface area contributed by atoms with E-state index in [1.807, 2.05) is 6.08 Å². The first kappa shape index (κ1) is 9.17. The number of Topliss-reactive ketones (excluding diaryl/α,β-unsaturated/α-hetero) is 1. The molecule has 0 saturated heterocycles. The van der Waals surface area contributed by atoms with Crippen molar-refractivity contribution < 1.29 is 4.79 Å². The molecule has 0 saturated carbocycles. The van der Waals surface area contributed by atoms with Gasteiger partial charge in [0.05, 0.1) is 5.71 Å². The molecule has 12 heavy (non-hydrogen) atoms. The van der Waals surface area contributed by atoms with Crippen LogP contribution in [0.3, 0.4) is 0 Å². The zero-order chi connectivity index (χ0) is 9.14. The molecule has 1 unspecified atom stereocenters. The van der Waals surface area contributed by atoms with Crippen LogP contribution in [-0.2, 0) is 4.79 Å². The van der Waals surface area contributed by atoms with Crippen LogP contribution < -0.4 is 0 Å². The number of rotatable bonds is 2. The van der Waals surface area contributed by atoms with E-state index in [4.69, 9.17) is 0 Å². The maximum absolute atomic E-state index is 11.5. The largest absolute Gasteiger partial charge is 0.292 e. The summed E-state index contributed by atoms with van der Waals surface area (Å²) >= 11 is 0. The summed E-state index contributed by atoms with van der Waals surface area (Å²) in [5.41, 5.74) is 0.642. The fraction of sp³-hybridized carbons (Fsp3) is 0.600. The molecule has 0 bridgehead atoms. The van der Waals surface area contributed by atoms with Crippen LogP contribution in [-0.4, -0.2) is 11.5 Å². The van der Waals surface area contributed by atoms with E-state index in [1.165, 1.54) is 0 Å². The molecule has 0 aromatic carbocycles. The number of carbonyl (C=O) groups excluding carboxylic acids is 1. The first-order chi connectivity index (χ1) is 5.61. The molecule has 1 heterocycles. The fourth-order valence-electron chi connectivity index (χ4n) is 1.37. The second-order valence-electron chi connectivity index (χ2n) is 3.66. The summed E-state index contributed by atoms with van der Waals surface area (Å²) in [5.74, 6) is 0.822. The van der Waals surface area contributed by atoms with E-state index >= 15 is 0 Å². The monoisotopic (exact) mass is 165 g/mol. The van der Waals surface area contributed by atoms with Crippen molar-refractivity contribution in [2.24, 2.45) is 16.8 Å². The van der Waals surface area contributed by atoms with Gasteiger partial charge in [-0.15, -0.1) is 0 Å². The van der Waals surface area contributed by atoms with E-state index in [1.54, 1.807) is 13.1 Å². The van der Waals surface area contributed by atoms with Crippen LogP contribution in [0.5, 0.6) is 0 Å². The summed E-state index contributed by atoms with van der Waals surface area (Å²) in [5, 5.41) is 0. The quantitative estimate of drug-likeness (QED) is 0.616. The molecule has 2 nitrogen and oxygen atoms in total. The van der Waals surface area contributed by atoms with E-state index in [2.05, 4.69) is 18.8 Å². The van der Waals surface area contributed by atoms with Gasteiger partial charge in [0.25, 0.3) is 0 Å². The Kier molecular flexibility index (Phi) is 2.79. The predicted octanol–water partition coefficient (Wildman–Crippen LogP) is 2.21. The zero-order valence-electron chi connectivity index (χ0n) is 7.87. The van der Waals surface area contributed by atoms with Crippen molar-refractivity contribution in [3.05, 3.63) is 12.3 Å². The molecule has 1 aliphatic rings. The molecule has 1 atom stereocenters. The average molecular weight is 165 g/mol. The predicted molar refractivity (Wildman–Crippen MR) is 50.2 cm³/mol. The third kappa shape index (κ3) is 2.03. The molecule has 0 radical (unpaired) electrons. The maximum Gasteiger partial charge on any atom is 0.183 e. The van der Waals surface area contributed by atoms with Gasteiger partial charge < -0.3 is 0 Å². The third-order valence-electron chi connectivity index (χ3n) is 2.01. The van der Waals surface area contributed by atoms with Gasteiger partial charge in [-0.05, 0) is 19.3 Å². The highest BCUT2D eigenvalue weighted by molar-refractivity contribution is 6.40. The van der Waals surface area contributed by atoms with Crippen molar-refractivity contribution in [2.75, 3.05) is 0 Å². The fourth-order valence-corrected chi connectivity index (χ4v) is 1.37. The van der Waals surface area contributed by atoms with E-state index in [0.717, 1.165) is 6.42 Å². The Balaban J connectivity index is 2.64. The second-order valence-corrected chi connectivity index (χ2v) is 3.66. The molecule has 0 aliphatic carbocycles. The molecule has 0 amide bonds. The van der Waals surface area contributed by atoms with Gasteiger partial charge in [-0.2, -0.15) is 0 Å². The highest BCUT2D eigenvalue weighted by Crippen LogP contribution is 2.17. The number of hydrogen-bond donors (Lipinski definition) is 0. The van der Waals surface area contributed by atoms with Crippen LogP contribution in [0.15, 0.2) is 17.3 Å². The summed E-state index contributed by atoms with van der Waals surface area (Å²) in [6.07, 6.45) is 4.57. The Morgan fingerprint density at radius 3 is 2.83 bits per heavy atom. The van der Waals surface area contributed by atoms with E-state index in [0.29, 0.717) is 11.6 Å². The summed E-state index contributed by atoms with van der Waals surface area (Å²) in [7, 11) is 0. The lowest BCUT2D eigenvalue weighted by atomic mass is 9.90. The second kappa shape index (κ2) is 3.65. The van der Waals surface area contributed by atoms with Crippen molar-refractivity contribution in [3.63, 3.8) is 0 Å². The average Bonchev–Trinajstić information content (AvgIpc) is 1.98. The van der Waals surface area contributed by atoms with Crippen molar-refractivity contribution in [1.29, 1.82) is 0 Å². The maximum atomic E-state index is 11.5. The number of carbonyl (C=O) groups is 1. The molecule has 66 valence electrons. The Hall–Kier alpha value is -0.920. The summed E-state index contributed by atoms with van der Waals surface area (Å²) in [6.45, 7) is 6.03. The lowest BCUT2D eigenvalue weighted by molar-refractivity contribution is -0.115. The summed E-state index contributed by atoms with van der Waals surface area (Å²) in [6, 6.07) is 0. The number of allylic oxidation sites excluding steroid dienone is 1. The molecule has 0 aromatic heterocycles. The van der Waals surface area contributed by atoms with Crippen LogP contribution >= 0.6 is 0 Å². The molecule has 1 rings (SSSR count). The summed E-state index contributed by atoms with van der Waals surface area (Å²) < 4.78 is 0. The number of nitrogens with zero attached hydrogens (tertiary/aromatic N) is 1. The molecule has 2 heteroatoms. The van der Waals surface area contributed by atoms with Crippen LogP contribution in [0.25, 0.3) is 0 Å². The van der Waals surface area contributed by atoms with Gasteiger partial charge in [-0.3, -0.25) is 9.79 Å². The standard InChI is InChI=1S/C10H15NO/c1-7(2)6-9-4-5-11-8(3)10(9)12/h4-5,7,9H,6H2,1-3H3. The summed E-state index contributed by atoms with van der Waals surface area (Å²) in [4.78, 5) is 15.4. The third-order valence-corrected chi connectivity index (χ3v) is 2.01. The van der Waals surface area contributed by atoms with Gasteiger partial charge in [0.15, 0.2) is 5.78 Å². The Bertz CT molecular complexity index is 238. The van der Waals surface area contributed by atoms with E-state index < -0.39 is 0 Å². The molecule has 0 N–H and O–H groups in total. The van der Waals surface area contributed by atoms with Gasteiger partial charge >= 0.3 is 0 Å². The molecule has 1 aliphatic heterocycles. The molecule has 0 aromatic rings. The van der Waals surface area contributed by atoms with Crippen LogP contribution in [0.1, 0.15) is 27.2 Å². The molecule has 0 fully saturated rings. The lowest BCUT2D eigenvalue weighted by Crippen LogP contribution is -2.23. The van der Waals surface area contributed by atoms with Crippen molar-refractivity contribution in [3.8, 4) is 0 Å². The number of aliphatic imine (C=N–C) groups is 1. The van der Waals surface area contributed by atoms with Gasteiger partial charge in [0.1, 0.15) is 0 Å². The van der Waals surface area contributed by atoms with Gasteiger partial charge in [-0.25, -0.2) is 0 Å². The van der Waals surface area contributed by atoms with Crippen molar-refractivity contribution >= 4 is 11.5 Å². The number of hydrogen-bond acceptors (Lipinski definition) is 2. The molecular formula is C10H15NO. The topological polar surface area (TPSA) is 29.4 Å². The van der Waals surface area contributed by atoms with Gasteiger partial charge in [0, 0.05) is 12.1 Å². The van der Waals surface area contributed by atoms with Crippen molar-refractivity contribution in [1.82, 2.24) is 0 Å². The Morgan fingerprint density at radius 2 is 2.25 bits per heavy atom. The molecular weight excluding hydrogens is 150 g/mol. The van der Waals surface area contributed by atoms with Crippen LogP contribution in [0, 0.1) is 11.8 Å². The zero-order valence-corrected chi connectivity index (χ0v) is 7.87. The highest BCUT2D eigenvalue weighted by Gasteiger charge is 2.21. The minimum Gasteiger partial charge on any atom is -0.292 e. The van der Waals surface area contributed by atoms with Crippen molar-refractivity contribution in [2.45, 2.75) is 27.2 Å². The SMILES string of the molecule is CC1=NC=CC(CC(C)C)C1=O. The first-order valence-corrected chi connectivity index (χ1v) is 4.36. The van der Waals surface area contributed by atoms with E-state index in [9.17, 15) is 4.79 Å².